The molecule has 5 heteroatoms. The Kier molecular flexibility index (Phi) is 5.33. The zero-order valence-electron chi connectivity index (χ0n) is 15.3. The van der Waals surface area contributed by atoms with Crippen LogP contribution in [0, 0.1) is 0 Å². The quantitative estimate of drug-likeness (QED) is 0.682. The fourth-order valence-corrected chi connectivity index (χ4v) is 3.11. The molecule has 0 fully saturated rings. The molecular formula is C23H21N3O2. The number of aliphatic imine (C=N–C) groups is 1. The van der Waals surface area contributed by atoms with Gasteiger partial charge in [-0.15, -0.1) is 0 Å². The van der Waals surface area contributed by atoms with Crippen LogP contribution >= 0.6 is 0 Å². The summed E-state index contributed by atoms with van der Waals surface area (Å²) >= 11 is 0. The Labute approximate surface area is 164 Å². The van der Waals surface area contributed by atoms with Gasteiger partial charge >= 0.3 is 6.03 Å². The Bertz CT molecular complexity index is 971. The van der Waals surface area contributed by atoms with E-state index >= 15 is 0 Å². The third-order valence-corrected chi connectivity index (χ3v) is 4.43. The Hall–Kier alpha value is -3.60. The summed E-state index contributed by atoms with van der Waals surface area (Å²) in [6.07, 6.45) is 0.849. The van der Waals surface area contributed by atoms with Gasteiger partial charge in [0.1, 0.15) is 6.61 Å². The van der Waals surface area contributed by atoms with Crippen molar-refractivity contribution < 1.29 is 9.53 Å². The molecule has 2 N–H and O–H groups in total. The highest BCUT2D eigenvalue weighted by molar-refractivity contribution is 6.01. The number of carbonyl (C=O) groups excluding carboxylic acids is 1. The molecular weight excluding hydrogens is 350 g/mol. The molecule has 0 radical (unpaired) electrons. The lowest BCUT2D eigenvalue weighted by Gasteiger charge is -2.09. The molecule has 1 aliphatic heterocycles. The largest absolute Gasteiger partial charge is 0.475 e. The van der Waals surface area contributed by atoms with E-state index < -0.39 is 0 Å². The van der Waals surface area contributed by atoms with Crippen molar-refractivity contribution in [3.8, 4) is 0 Å². The van der Waals surface area contributed by atoms with E-state index in [0.29, 0.717) is 18.2 Å². The summed E-state index contributed by atoms with van der Waals surface area (Å²) in [6.45, 7) is 0.566. The van der Waals surface area contributed by atoms with Gasteiger partial charge in [-0.25, -0.2) is 9.79 Å². The van der Waals surface area contributed by atoms with Gasteiger partial charge in [0.05, 0.1) is 6.04 Å². The Morgan fingerprint density at radius 2 is 1.57 bits per heavy atom. The Balaban J connectivity index is 1.41. The molecule has 0 bridgehead atoms. The van der Waals surface area contributed by atoms with E-state index in [-0.39, 0.29) is 12.1 Å². The topological polar surface area (TPSA) is 62.7 Å². The maximum absolute atomic E-state index is 12.2. The molecule has 3 aromatic carbocycles. The monoisotopic (exact) mass is 371 g/mol. The molecule has 5 nitrogen and oxygen atoms in total. The smallest absolute Gasteiger partial charge is 0.323 e. The molecule has 1 atom stereocenters. The number of ether oxygens (including phenoxy) is 1. The van der Waals surface area contributed by atoms with Gasteiger partial charge in [0, 0.05) is 16.9 Å². The van der Waals surface area contributed by atoms with Crippen molar-refractivity contribution in [1.82, 2.24) is 0 Å². The fraction of sp³-hybridized carbons (Fsp3) is 0.130. The molecule has 0 spiro atoms. The first kappa shape index (κ1) is 17.8. The van der Waals surface area contributed by atoms with Crippen molar-refractivity contribution in [1.29, 1.82) is 0 Å². The van der Waals surface area contributed by atoms with Crippen molar-refractivity contribution in [2.24, 2.45) is 4.99 Å². The number of nitrogens with one attached hydrogen (secondary N) is 2. The van der Waals surface area contributed by atoms with Crippen LogP contribution in [-0.4, -0.2) is 24.6 Å². The van der Waals surface area contributed by atoms with Crippen molar-refractivity contribution in [2.75, 3.05) is 17.2 Å². The minimum Gasteiger partial charge on any atom is -0.475 e. The summed E-state index contributed by atoms with van der Waals surface area (Å²) in [5.41, 5.74) is 3.52. The number of anilines is 2. The fourth-order valence-electron chi connectivity index (χ4n) is 3.11. The van der Waals surface area contributed by atoms with Crippen LogP contribution in [0.3, 0.4) is 0 Å². The number of amides is 2. The Morgan fingerprint density at radius 1 is 0.893 bits per heavy atom. The first-order valence-corrected chi connectivity index (χ1v) is 9.24. The number of rotatable bonds is 5. The molecule has 0 saturated carbocycles. The highest BCUT2D eigenvalue weighted by Crippen LogP contribution is 2.19. The Morgan fingerprint density at radius 3 is 2.36 bits per heavy atom. The van der Waals surface area contributed by atoms with E-state index in [4.69, 9.17) is 9.73 Å². The molecule has 4 rings (SSSR count). The standard InChI is InChI=1S/C23H21N3O2/c27-23(25-19-11-5-2-6-12-19)26-20-13-7-10-18(15-20)22-24-21(16-28-22)14-17-8-3-1-4-9-17/h1-13,15,21H,14,16H2,(H2,25,26,27)/t21-/m0/s1. The zero-order valence-corrected chi connectivity index (χ0v) is 15.3. The lowest BCUT2D eigenvalue weighted by molar-refractivity contribution is 0.262. The van der Waals surface area contributed by atoms with Gasteiger partial charge in [-0.2, -0.15) is 0 Å². The zero-order chi connectivity index (χ0) is 19.2. The third kappa shape index (κ3) is 4.57. The third-order valence-electron chi connectivity index (χ3n) is 4.43. The van der Waals surface area contributed by atoms with E-state index in [1.165, 1.54) is 5.56 Å². The number of nitrogens with zero attached hydrogens (tertiary/aromatic N) is 1. The molecule has 0 aliphatic carbocycles. The normalized spacial score (nSPS) is 15.4. The number of urea groups is 1. The highest BCUT2D eigenvalue weighted by Gasteiger charge is 2.20. The molecule has 28 heavy (non-hydrogen) atoms. The van der Waals surface area contributed by atoms with Crippen molar-refractivity contribution in [3.05, 3.63) is 96.1 Å². The number of hydrogen-bond donors (Lipinski definition) is 2. The van der Waals surface area contributed by atoms with Crippen molar-refractivity contribution in [3.63, 3.8) is 0 Å². The number of para-hydroxylation sites is 1. The highest BCUT2D eigenvalue weighted by atomic mass is 16.5. The molecule has 1 heterocycles. The lowest BCUT2D eigenvalue weighted by Crippen LogP contribution is -2.19. The summed E-state index contributed by atoms with van der Waals surface area (Å²) in [4.78, 5) is 16.9. The predicted molar refractivity (Wildman–Crippen MR) is 112 cm³/mol. The minimum absolute atomic E-state index is 0.107. The maximum Gasteiger partial charge on any atom is 0.323 e. The van der Waals surface area contributed by atoms with Crippen LogP contribution in [0.4, 0.5) is 16.2 Å². The second-order valence-corrected chi connectivity index (χ2v) is 6.61. The van der Waals surface area contributed by atoms with Crippen LogP contribution in [0.2, 0.25) is 0 Å². The number of benzene rings is 3. The molecule has 1 aliphatic rings. The van der Waals surface area contributed by atoms with Crippen molar-refractivity contribution >= 4 is 23.3 Å². The van der Waals surface area contributed by atoms with Gasteiger partial charge < -0.3 is 15.4 Å². The average molecular weight is 371 g/mol. The molecule has 0 saturated heterocycles. The summed E-state index contributed by atoms with van der Waals surface area (Å²) in [7, 11) is 0. The first-order valence-electron chi connectivity index (χ1n) is 9.24. The van der Waals surface area contributed by atoms with Crippen LogP contribution in [0.1, 0.15) is 11.1 Å². The molecule has 3 aromatic rings. The van der Waals surface area contributed by atoms with E-state index in [0.717, 1.165) is 17.7 Å². The SMILES string of the molecule is O=C(Nc1ccccc1)Nc1cccc(C2=N[C@@H](Cc3ccccc3)CO2)c1. The van der Waals surface area contributed by atoms with E-state index in [2.05, 4.69) is 22.8 Å². The van der Waals surface area contributed by atoms with Gasteiger partial charge in [-0.3, -0.25) is 0 Å². The summed E-state index contributed by atoms with van der Waals surface area (Å²) < 4.78 is 5.80. The lowest BCUT2D eigenvalue weighted by atomic mass is 10.1. The van der Waals surface area contributed by atoms with E-state index in [1.54, 1.807) is 0 Å². The van der Waals surface area contributed by atoms with Gasteiger partial charge in [-0.05, 0) is 42.3 Å². The van der Waals surface area contributed by atoms with Gasteiger partial charge in [0.25, 0.3) is 0 Å². The van der Waals surface area contributed by atoms with Crippen LogP contribution < -0.4 is 10.6 Å². The summed E-state index contributed by atoms with van der Waals surface area (Å²) in [5.74, 6) is 0.619. The van der Waals surface area contributed by atoms with E-state index in [1.807, 2.05) is 72.8 Å². The minimum atomic E-state index is -0.292. The van der Waals surface area contributed by atoms with Gasteiger partial charge in [0.15, 0.2) is 0 Å². The average Bonchev–Trinajstić information content (AvgIpc) is 3.18. The van der Waals surface area contributed by atoms with Crippen LogP contribution in [0.15, 0.2) is 89.9 Å². The summed E-state index contributed by atoms with van der Waals surface area (Å²) in [5, 5.41) is 5.65. The second-order valence-electron chi connectivity index (χ2n) is 6.61. The predicted octanol–water partition coefficient (Wildman–Crippen LogP) is 4.72. The first-order chi connectivity index (χ1) is 13.8. The van der Waals surface area contributed by atoms with Crippen LogP contribution in [0.25, 0.3) is 0 Å². The van der Waals surface area contributed by atoms with E-state index in [9.17, 15) is 4.79 Å². The van der Waals surface area contributed by atoms with Crippen LogP contribution in [-0.2, 0) is 11.2 Å². The molecule has 2 amide bonds. The molecule has 0 aromatic heterocycles. The number of hydrogen-bond acceptors (Lipinski definition) is 3. The number of carbonyl (C=O) groups is 1. The second kappa shape index (κ2) is 8.39. The molecule has 140 valence electrons. The van der Waals surface area contributed by atoms with Crippen LogP contribution in [0.5, 0.6) is 0 Å². The summed E-state index contributed by atoms with van der Waals surface area (Å²) in [6, 6.07) is 26.9. The molecule has 0 unspecified atom stereocenters. The van der Waals surface area contributed by atoms with Gasteiger partial charge in [-0.1, -0.05) is 54.6 Å². The van der Waals surface area contributed by atoms with Gasteiger partial charge in [0.2, 0.25) is 5.90 Å². The maximum atomic E-state index is 12.2. The van der Waals surface area contributed by atoms with Crippen molar-refractivity contribution in [2.45, 2.75) is 12.5 Å².